The van der Waals surface area contributed by atoms with Crippen molar-refractivity contribution >= 4 is 17.1 Å². The summed E-state index contributed by atoms with van der Waals surface area (Å²) in [7, 11) is 0. The van der Waals surface area contributed by atoms with E-state index in [1.54, 1.807) is 0 Å². The quantitative estimate of drug-likeness (QED) is 0.440. The third kappa shape index (κ3) is 3.06. The standard InChI is InChI=1S/C4H10N2.Se/c1-2-6-4-3-5-1;/h5-6H,1-4H2;. The second kappa shape index (κ2) is 4.59. The van der Waals surface area contributed by atoms with Crippen LogP contribution in [-0.4, -0.2) is 43.2 Å². The van der Waals surface area contributed by atoms with Crippen LogP contribution in [0.2, 0.25) is 0 Å². The van der Waals surface area contributed by atoms with Crippen LogP contribution < -0.4 is 10.6 Å². The second-order valence-corrected chi connectivity index (χ2v) is 1.50. The molecule has 0 aromatic carbocycles. The van der Waals surface area contributed by atoms with Crippen molar-refractivity contribution in [1.82, 2.24) is 10.6 Å². The molecule has 1 fully saturated rings. The van der Waals surface area contributed by atoms with E-state index in [1.165, 1.54) is 0 Å². The number of piperazine rings is 1. The Kier molecular flexibility index (Phi) is 4.88. The molecule has 0 saturated carbocycles. The maximum absolute atomic E-state index is 3.22. The Balaban J connectivity index is 0.000000360. The number of hydrogen-bond acceptors (Lipinski definition) is 2. The van der Waals surface area contributed by atoms with Gasteiger partial charge in [-0.05, 0) is 0 Å². The van der Waals surface area contributed by atoms with Gasteiger partial charge in [0.2, 0.25) is 0 Å². The fourth-order valence-electron chi connectivity index (χ4n) is 0.604. The van der Waals surface area contributed by atoms with Crippen molar-refractivity contribution in [3.05, 3.63) is 0 Å². The molecule has 0 aromatic rings. The van der Waals surface area contributed by atoms with Crippen LogP contribution in [0, 0.1) is 0 Å². The van der Waals surface area contributed by atoms with Gasteiger partial charge in [-0.25, -0.2) is 0 Å². The van der Waals surface area contributed by atoms with E-state index in [9.17, 15) is 0 Å². The van der Waals surface area contributed by atoms with Crippen molar-refractivity contribution in [3.63, 3.8) is 0 Å². The number of nitrogens with one attached hydrogen (secondary N) is 2. The van der Waals surface area contributed by atoms with Crippen LogP contribution >= 0.6 is 0 Å². The van der Waals surface area contributed by atoms with Crippen LogP contribution in [0.5, 0.6) is 0 Å². The molecule has 1 aliphatic rings. The molecule has 1 saturated heterocycles. The first kappa shape index (κ1) is 7.44. The van der Waals surface area contributed by atoms with Gasteiger partial charge >= 0.3 is 0 Å². The Morgan fingerprint density at radius 2 is 1.00 bits per heavy atom. The molecule has 0 atom stereocenters. The minimum Gasteiger partial charge on any atom is -0.314 e. The van der Waals surface area contributed by atoms with Crippen molar-refractivity contribution in [2.45, 2.75) is 0 Å². The fourth-order valence-corrected chi connectivity index (χ4v) is 0.604. The molecule has 0 amide bonds. The van der Waals surface area contributed by atoms with E-state index in [4.69, 9.17) is 0 Å². The molecule has 0 unspecified atom stereocenters. The predicted octanol–water partition coefficient (Wildman–Crippen LogP) is -1.20. The van der Waals surface area contributed by atoms with Gasteiger partial charge in [0, 0.05) is 43.2 Å². The normalized spacial score (nSPS) is 20.6. The zero-order chi connectivity index (χ0) is 4.24. The Bertz CT molecular complexity index is 25.2. The molecule has 1 heterocycles. The van der Waals surface area contributed by atoms with Crippen LogP contribution in [0.4, 0.5) is 0 Å². The smallest absolute Gasteiger partial charge is 0.00772 e. The zero-order valence-corrected chi connectivity index (χ0v) is 5.95. The minimum absolute atomic E-state index is 0. The van der Waals surface area contributed by atoms with E-state index in [1.807, 2.05) is 0 Å². The largest absolute Gasteiger partial charge is 0.314 e. The summed E-state index contributed by atoms with van der Waals surface area (Å²) in [5.74, 6) is 0. The van der Waals surface area contributed by atoms with Crippen LogP contribution in [0.3, 0.4) is 0 Å². The zero-order valence-electron chi connectivity index (χ0n) is 4.24. The van der Waals surface area contributed by atoms with Crippen LogP contribution in [0.1, 0.15) is 0 Å². The number of rotatable bonds is 0. The van der Waals surface area contributed by atoms with Gasteiger partial charge in [0.25, 0.3) is 0 Å². The molecule has 1 rings (SSSR count). The molecule has 3 heteroatoms. The molecule has 1 aliphatic heterocycles. The molecular weight excluding hydrogens is 155 g/mol. The van der Waals surface area contributed by atoms with Crippen LogP contribution in [0.25, 0.3) is 0 Å². The molecule has 2 N–H and O–H groups in total. The van der Waals surface area contributed by atoms with Crippen LogP contribution in [0.15, 0.2) is 0 Å². The summed E-state index contributed by atoms with van der Waals surface area (Å²) in [4.78, 5) is 0. The Hall–Kier alpha value is 0.439. The van der Waals surface area contributed by atoms with Crippen LogP contribution in [-0.2, 0) is 0 Å². The van der Waals surface area contributed by atoms with E-state index in [-0.39, 0.29) is 17.1 Å². The second-order valence-electron chi connectivity index (χ2n) is 1.50. The third-order valence-electron chi connectivity index (χ3n) is 0.957. The monoisotopic (exact) mass is 166 g/mol. The SMILES string of the molecule is C1CNCCN1.[Se]. The van der Waals surface area contributed by atoms with Gasteiger partial charge in [-0.3, -0.25) is 0 Å². The molecule has 0 aliphatic carbocycles. The fraction of sp³-hybridized carbons (Fsp3) is 1.00. The molecular formula is C4H10N2Se. The Morgan fingerprint density at radius 3 is 1.14 bits per heavy atom. The Morgan fingerprint density at radius 1 is 0.714 bits per heavy atom. The van der Waals surface area contributed by atoms with Gasteiger partial charge in [-0.15, -0.1) is 0 Å². The van der Waals surface area contributed by atoms with E-state index >= 15 is 0 Å². The maximum Gasteiger partial charge on any atom is 0.00772 e. The maximum atomic E-state index is 3.22. The average molecular weight is 165 g/mol. The molecule has 2 radical (unpaired) electrons. The van der Waals surface area contributed by atoms with Gasteiger partial charge in [-0.2, -0.15) is 0 Å². The topological polar surface area (TPSA) is 24.1 Å². The van der Waals surface area contributed by atoms with Crippen molar-refractivity contribution in [1.29, 1.82) is 0 Å². The molecule has 42 valence electrons. The number of hydrogen-bond donors (Lipinski definition) is 2. The summed E-state index contributed by atoms with van der Waals surface area (Å²) in [5, 5.41) is 6.44. The first-order valence-electron chi connectivity index (χ1n) is 2.41. The molecule has 0 spiro atoms. The van der Waals surface area contributed by atoms with Crippen molar-refractivity contribution < 1.29 is 0 Å². The van der Waals surface area contributed by atoms with Crippen molar-refractivity contribution in [2.75, 3.05) is 26.2 Å². The van der Waals surface area contributed by atoms with Gasteiger partial charge in [0.1, 0.15) is 0 Å². The summed E-state index contributed by atoms with van der Waals surface area (Å²) >= 11 is 0. The van der Waals surface area contributed by atoms with E-state index in [0.29, 0.717) is 0 Å². The summed E-state index contributed by atoms with van der Waals surface area (Å²) in [5.41, 5.74) is 0. The van der Waals surface area contributed by atoms with E-state index in [2.05, 4.69) is 10.6 Å². The summed E-state index contributed by atoms with van der Waals surface area (Å²) in [6.45, 7) is 4.56. The minimum atomic E-state index is 0. The van der Waals surface area contributed by atoms with Crippen molar-refractivity contribution in [2.24, 2.45) is 0 Å². The van der Waals surface area contributed by atoms with E-state index in [0.717, 1.165) is 26.2 Å². The Labute approximate surface area is 54.5 Å². The summed E-state index contributed by atoms with van der Waals surface area (Å²) in [6, 6.07) is 0. The molecule has 0 bridgehead atoms. The molecule has 0 aromatic heterocycles. The van der Waals surface area contributed by atoms with Crippen molar-refractivity contribution in [3.8, 4) is 0 Å². The predicted molar refractivity (Wildman–Crippen MR) is 31.5 cm³/mol. The van der Waals surface area contributed by atoms with Gasteiger partial charge in [0.05, 0.1) is 0 Å². The summed E-state index contributed by atoms with van der Waals surface area (Å²) < 4.78 is 0. The molecule has 2 nitrogen and oxygen atoms in total. The molecule has 7 heavy (non-hydrogen) atoms. The van der Waals surface area contributed by atoms with E-state index < -0.39 is 0 Å². The summed E-state index contributed by atoms with van der Waals surface area (Å²) in [6.07, 6.45) is 0. The first-order valence-corrected chi connectivity index (χ1v) is 2.41. The van der Waals surface area contributed by atoms with Gasteiger partial charge in [0.15, 0.2) is 0 Å². The average Bonchev–Trinajstić information content (AvgIpc) is 1.72. The van der Waals surface area contributed by atoms with Gasteiger partial charge in [-0.1, -0.05) is 0 Å². The third-order valence-corrected chi connectivity index (χ3v) is 0.957. The first-order chi connectivity index (χ1) is 3.00. The van der Waals surface area contributed by atoms with Gasteiger partial charge < -0.3 is 10.6 Å².